The molecule has 0 atom stereocenters. The molecule has 2 rings (SSSR count). The topological polar surface area (TPSA) is 41.5 Å². The molecular weight excluding hydrogens is 246 g/mol. The Kier molecular flexibility index (Phi) is 3.99. The zero-order chi connectivity index (χ0) is 13.0. The van der Waals surface area contributed by atoms with Gasteiger partial charge in [0.2, 0.25) is 0 Å². The van der Waals surface area contributed by atoms with Crippen molar-refractivity contribution in [1.29, 1.82) is 0 Å². The Morgan fingerprint density at radius 2 is 2.06 bits per heavy atom. The molecule has 3 nitrogen and oxygen atoms in total. The number of hydrogen-bond acceptors (Lipinski definition) is 3. The Labute approximate surface area is 111 Å². The van der Waals surface area contributed by atoms with Gasteiger partial charge in [0.05, 0.1) is 6.61 Å². The first-order valence-corrected chi connectivity index (χ1v) is 6.23. The van der Waals surface area contributed by atoms with Gasteiger partial charge in [0.1, 0.15) is 5.75 Å². The Bertz CT molecular complexity index is 569. The third-order valence-corrected chi connectivity index (χ3v) is 2.96. The first-order chi connectivity index (χ1) is 8.72. The van der Waals surface area contributed by atoms with Crippen LogP contribution in [0, 0.1) is 0 Å². The molecule has 0 radical (unpaired) electrons. The van der Waals surface area contributed by atoms with Crippen LogP contribution in [0.25, 0.3) is 10.8 Å². The lowest BCUT2D eigenvalue weighted by atomic mass is 10.0. The van der Waals surface area contributed by atoms with Crippen LogP contribution in [0.5, 0.6) is 5.75 Å². The molecule has 0 spiro atoms. The number of hydrogen-bond donors (Lipinski definition) is 2. The number of phenols is 1. The number of aromatic hydroxyl groups is 1. The van der Waals surface area contributed by atoms with Crippen molar-refractivity contribution in [3.8, 4) is 5.75 Å². The van der Waals surface area contributed by atoms with E-state index in [0.717, 1.165) is 16.3 Å². The second-order valence-corrected chi connectivity index (χ2v) is 4.23. The highest BCUT2D eigenvalue weighted by atomic mass is 32.1. The van der Waals surface area contributed by atoms with Crippen LogP contribution in [0.2, 0.25) is 0 Å². The number of nitrogens with one attached hydrogen (secondary N) is 1. The summed E-state index contributed by atoms with van der Waals surface area (Å²) in [5.41, 5.74) is 0.829. The van der Waals surface area contributed by atoms with Crippen LogP contribution < -0.4 is 5.32 Å². The highest BCUT2D eigenvalue weighted by molar-refractivity contribution is 7.80. The number of benzene rings is 2. The molecule has 0 aliphatic heterocycles. The van der Waals surface area contributed by atoms with Gasteiger partial charge in [-0.1, -0.05) is 30.3 Å². The average molecular weight is 261 g/mol. The second kappa shape index (κ2) is 5.69. The van der Waals surface area contributed by atoms with Crippen molar-refractivity contribution < 1.29 is 9.84 Å². The highest BCUT2D eigenvalue weighted by Crippen LogP contribution is 2.26. The molecule has 2 N–H and O–H groups in total. The highest BCUT2D eigenvalue weighted by Gasteiger charge is 2.07. The van der Waals surface area contributed by atoms with Crippen LogP contribution in [-0.4, -0.2) is 16.9 Å². The molecule has 2 aromatic rings. The number of phenolic OH excluding ortho intramolecular Hbond substituents is 1. The van der Waals surface area contributed by atoms with E-state index in [1.807, 2.05) is 37.3 Å². The third-order valence-electron chi connectivity index (χ3n) is 2.70. The lowest BCUT2D eigenvalue weighted by Crippen LogP contribution is -2.23. The van der Waals surface area contributed by atoms with Crippen molar-refractivity contribution >= 4 is 28.2 Å². The van der Waals surface area contributed by atoms with Crippen LogP contribution in [-0.2, 0) is 11.3 Å². The summed E-state index contributed by atoms with van der Waals surface area (Å²) in [5.74, 6) is 0.264. The maximum Gasteiger partial charge on any atom is 0.256 e. The Morgan fingerprint density at radius 1 is 1.28 bits per heavy atom. The predicted molar refractivity (Wildman–Crippen MR) is 76.7 cm³/mol. The maximum absolute atomic E-state index is 9.93. The van der Waals surface area contributed by atoms with Crippen molar-refractivity contribution in [3.63, 3.8) is 0 Å². The molecule has 18 heavy (non-hydrogen) atoms. The minimum Gasteiger partial charge on any atom is -0.508 e. The molecule has 0 aromatic heterocycles. The van der Waals surface area contributed by atoms with Gasteiger partial charge >= 0.3 is 0 Å². The first-order valence-electron chi connectivity index (χ1n) is 5.82. The van der Waals surface area contributed by atoms with Gasteiger partial charge in [-0.05, 0) is 36.0 Å². The van der Waals surface area contributed by atoms with Gasteiger partial charge in [0, 0.05) is 12.1 Å². The van der Waals surface area contributed by atoms with E-state index in [1.165, 1.54) is 0 Å². The minimum absolute atomic E-state index is 0.264. The van der Waals surface area contributed by atoms with Gasteiger partial charge in [-0.3, -0.25) is 0 Å². The fourth-order valence-corrected chi connectivity index (χ4v) is 2.04. The van der Waals surface area contributed by atoms with E-state index in [9.17, 15) is 5.11 Å². The molecule has 0 bridgehead atoms. The van der Waals surface area contributed by atoms with Crippen molar-refractivity contribution in [2.75, 3.05) is 6.61 Å². The summed E-state index contributed by atoms with van der Waals surface area (Å²) >= 11 is 5.00. The normalized spacial score (nSPS) is 10.3. The Morgan fingerprint density at radius 3 is 2.83 bits per heavy atom. The molecule has 4 heteroatoms. The van der Waals surface area contributed by atoms with Crippen LogP contribution in [0.4, 0.5) is 0 Å². The SMILES string of the molecule is CCOC(=S)NCc1c(O)ccc2ccccc12. The molecule has 0 saturated heterocycles. The minimum atomic E-state index is 0.264. The molecule has 0 saturated carbocycles. The summed E-state index contributed by atoms with van der Waals surface area (Å²) in [6.45, 7) is 2.86. The van der Waals surface area contributed by atoms with Gasteiger partial charge in [-0.15, -0.1) is 0 Å². The van der Waals surface area contributed by atoms with E-state index in [-0.39, 0.29) is 5.75 Å². The van der Waals surface area contributed by atoms with Crippen molar-refractivity contribution in [1.82, 2.24) is 5.32 Å². The predicted octanol–water partition coefficient (Wildman–Crippen LogP) is 2.96. The van der Waals surface area contributed by atoms with Crippen molar-refractivity contribution in [2.24, 2.45) is 0 Å². The summed E-state index contributed by atoms with van der Waals surface area (Å²) in [6.07, 6.45) is 0. The van der Waals surface area contributed by atoms with Crippen LogP contribution >= 0.6 is 12.2 Å². The zero-order valence-corrected chi connectivity index (χ0v) is 11.0. The van der Waals surface area contributed by atoms with Crippen LogP contribution in [0.15, 0.2) is 36.4 Å². The maximum atomic E-state index is 9.93. The summed E-state index contributed by atoms with van der Waals surface area (Å²) < 4.78 is 5.15. The van der Waals surface area contributed by atoms with Gasteiger partial charge < -0.3 is 15.2 Å². The molecule has 2 aromatic carbocycles. The van der Waals surface area contributed by atoms with E-state index in [0.29, 0.717) is 18.3 Å². The van der Waals surface area contributed by atoms with Gasteiger partial charge in [-0.2, -0.15) is 0 Å². The summed E-state index contributed by atoms with van der Waals surface area (Å²) in [7, 11) is 0. The number of rotatable bonds is 3. The number of fused-ring (bicyclic) bond motifs is 1. The summed E-state index contributed by atoms with van der Waals surface area (Å²) in [6, 6.07) is 11.5. The molecule has 0 fully saturated rings. The van der Waals surface area contributed by atoms with E-state index < -0.39 is 0 Å². The lowest BCUT2D eigenvalue weighted by Gasteiger charge is -2.11. The molecule has 94 valence electrons. The Balaban J connectivity index is 2.26. The van der Waals surface area contributed by atoms with Crippen molar-refractivity contribution in [3.05, 3.63) is 42.0 Å². The first kappa shape index (κ1) is 12.6. The van der Waals surface area contributed by atoms with E-state index in [4.69, 9.17) is 17.0 Å². The quantitative estimate of drug-likeness (QED) is 0.834. The van der Waals surface area contributed by atoms with Gasteiger partial charge in [0.25, 0.3) is 5.17 Å². The molecule has 0 aliphatic carbocycles. The Hall–Kier alpha value is -1.81. The zero-order valence-electron chi connectivity index (χ0n) is 10.1. The van der Waals surface area contributed by atoms with Gasteiger partial charge in [0.15, 0.2) is 0 Å². The smallest absolute Gasteiger partial charge is 0.256 e. The molecule has 0 aliphatic rings. The molecule has 0 unspecified atom stereocenters. The largest absolute Gasteiger partial charge is 0.508 e. The fourth-order valence-electron chi connectivity index (χ4n) is 1.85. The monoisotopic (exact) mass is 261 g/mol. The van der Waals surface area contributed by atoms with E-state index in [2.05, 4.69) is 5.32 Å². The summed E-state index contributed by atoms with van der Waals surface area (Å²) in [4.78, 5) is 0. The van der Waals surface area contributed by atoms with Crippen LogP contribution in [0.3, 0.4) is 0 Å². The fraction of sp³-hybridized carbons (Fsp3) is 0.214. The molecule has 0 heterocycles. The lowest BCUT2D eigenvalue weighted by molar-refractivity contribution is 0.319. The average Bonchev–Trinajstić information content (AvgIpc) is 2.38. The number of ether oxygens (including phenoxy) is 1. The molecular formula is C14H15NO2S. The second-order valence-electron chi connectivity index (χ2n) is 3.86. The van der Waals surface area contributed by atoms with Crippen LogP contribution in [0.1, 0.15) is 12.5 Å². The summed E-state index contributed by atoms with van der Waals surface area (Å²) in [5, 5.41) is 15.4. The third kappa shape index (κ3) is 2.71. The van der Waals surface area contributed by atoms with E-state index >= 15 is 0 Å². The van der Waals surface area contributed by atoms with Gasteiger partial charge in [-0.25, -0.2) is 0 Å². The van der Waals surface area contributed by atoms with E-state index in [1.54, 1.807) is 6.07 Å². The number of thiocarbonyl (C=S) groups is 1. The van der Waals surface area contributed by atoms with Crippen molar-refractivity contribution in [2.45, 2.75) is 13.5 Å². The molecule has 0 amide bonds. The standard InChI is InChI=1S/C14H15NO2S/c1-2-17-14(18)15-9-12-11-6-4-3-5-10(11)7-8-13(12)16/h3-8,16H,2,9H2,1H3,(H,15,18).